The SMILES string of the molecule is O=C(Nc1cc(F)cc(C(F)(F)F)c1)N(Cc1ccccc1)C1CCN(Cc2cncnc2)CC1. The largest absolute Gasteiger partial charge is 0.416 e. The van der Waals surface area contributed by atoms with Crippen molar-refractivity contribution in [2.45, 2.75) is 38.1 Å². The number of carbonyl (C=O) groups is 1. The zero-order chi connectivity index (χ0) is 24.8. The van der Waals surface area contributed by atoms with Crippen LogP contribution in [0.5, 0.6) is 0 Å². The van der Waals surface area contributed by atoms with Crippen molar-refractivity contribution in [1.29, 1.82) is 0 Å². The number of hydrogen-bond donors (Lipinski definition) is 1. The molecule has 1 N–H and O–H groups in total. The molecular weight excluding hydrogens is 462 g/mol. The van der Waals surface area contributed by atoms with Gasteiger partial charge in [-0.2, -0.15) is 13.2 Å². The lowest BCUT2D eigenvalue weighted by atomic mass is 10.0. The molecule has 1 aliphatic heterocycles. The second-order valence-corrected chi connectivity index (χ2v) is 8.52. The summed E-state index contributed by atoms with van der Waals surface area (Å²) < 4.78 is 53.2. The van der Waals surface area contributed by atoms with Crippen LogP contribution in [0, 0.1) is 5.82 Å². The second-order valence-electron chi connectivity index (χ2n) is 8.52. The Hall–Kier alpha value is -3.53. The number of piperidine rings is 1. The molecule has 35 heavy (non-hydrogen) atoms. The van der Waals surface area contributed by atoms with Gasteiger partial charge in [0.1, 0.15) is 12.1 Å². The molecule has 0 radical (unpaired) electrons. The smallest absolute Gasteiger partial charge is 0.317 e. The van der Waals surface area contributed by atoms with Crippen LogP contribution in [0.3, 0.4) is 0 Å². The summed E-state index contributed by atoms with van der Waals surface area (Å²) >= 11 is 0. The van der Waals surface area contributed by atoms with Gasteiger partial charge in [0.05, 0.1) is 5.56 Å². The zero-order valence-corrected chi connectivity index (χ0v) is 18.9. The molecule has 6 nitrogen and oxygen atoms in total. The van der Waals surface area contributed by atoms with Crippen molar-refractivity contribution in [3.8, 4) is 0 Å². The van der Waals surface area contributed by atoms with E-state index in [2.05, 4.69) is 20.2 Å². The van der Waals surface area contributed by atoms with Crippen LogP contribution in [-0.2, 0) is 19.3 Å². The highest BCUT2D eigenvalue weighted by Crippen LogP contribution is 2.32. The van der Waals surface area contributed by atoms with E-state index in [1.165, 1.54) is 6.33 Å². The monoisotopic (exact) mass is 487 g/mol. The minimum atomic E-state index is -4.72. The number of urea groups is 1. The van der Waals surface area contributed by atoms with Gasteiger partial charge in [-0.3, -0.25) is 4.90 Å². The van der Waals surface area contributed by atoms with E-state index >= 15 is 0 Å². The topological polar surface area (TPSA) is 61.4 Å². The fourth-order valence-corrected chi connectivity index (χ4v) is 4.23. The second kappa shape index (κ2) is 10.8. The normalized spacial score (nSPS) is 15.1. The van der Waals surface area contributed by atoms with Gasteiger partial charge < -0.3 is 10.2 Å². The minimum Gasteiger partial charge on any atom is -0.317 e. The molecule has 184 valence electrons. The number of anilines is 1. The lowest BCUT2D eigenvalue weighted by Gasteiger charge is -2.38. The predicted molar refractivity (Wildman–Crippen MR) is 123 cm³/mol. The Labute approximate surface area is 200 Å². The first-order valence-corrected chi connectivity index (χ1v) is 11.2. The number of halogens is 4. The highest BCUT2D eigenvalue weighted by Gasteiger charge is 2.32. The summed E-state index contributed by atoms with van der Waals surface area (Å²) in [5.41, 5.74) is 0.501. The average molecular weight is 488 g/mol. The van der Waals surface area contributed by atoms with Gasteiger partial charge in [-0.05, 0) is 36.6 Å². The summed E-state index contributed by atoms with van der Waals surface area (Å²) in [5, 5.41) is 2.48. The summed E-state index contributed by atoms with van der Waals surface area (Å²) in [5.74, 6) is -1.07. The molecule has 0 atom stereocenters. The number of aromatic nitrogens is 2. The van der Waals surface area contributed by atoms with Crippen molar-refractivity contribution in [2.75, 3.05) is 18.4 Å². The third-order valence-electron chi connectivity index (χ3n) is 5.95. The highest BCUT2D eigenvalue weighted by molar-refractivity contribution is 5.89. The maximum Gasteiger partial charge on any atom is 0.416 e. The summed E-state index contributed by atoms with van der Waals surface area (Å²) in [6.45, 7) is 2.44. The number of nitrogens with zero attached hydrogens (tertiary/aromatic N) is 4. The van der Waals surface area contributed by atoms with Crippen molar-refractivity contribution < 1.29 is 22.4 Å². The third-order valence-corrected chi connectivity index (χ3v) is 5.95. The number of hydrogen-bond acceptors (Lipinski definition) is 4. The number of alkyl halides is 3. The number of nitrogens with one attached hydrogen (secondary N) is 1. The quantitative estimate of drug-likeness (QED) is 0.478. The van der Waals surface area contributed by atoms with Crippen LogP contribution < -0.4 is 5.32 Å². The van der Waals surface area contributed by atoms with Gasteiger partial charge in [0, 0.05) is 55.9 Å². The summed E-state index contributed by atoms with van der Waals surface area (Å²) in [7, 11) is 0. The van der Waals surface area contributed by atoms with Crippen LogP contribution in [0.1, 0.15) is 29.5 Å². The molecule has 2 aromatic carbocycles. The first-order valence-electron chi connectivity index (χ1n) is 11.2. The molecule has 0 aliphatic carbocycles. The number of carbonyl (C=O) groups excluding carboxylic acids is 1. The summed E-state index contributed by atoms with van der Waals surface area (Å²) in [6.07, 6.45) is 1.66. The Kier molecular flexibility index (Phi) is 7.60. The number of likely N-dealkylation sites (tertiary alicyclic amines) is 1. The molecule has 10 heteroatoms. The van der Waals surface area contributed by atoms with E-state index in [0.29, 0.717) is 25.5 Å². The maximum atomic E-state index is 13.9. The number of amides is 2. The van der Waals surface area contributed by atoms with E-state index in [9.17, 15) is 22.4 Å². The van der Waals surface area contributed by atoms with Crippen LogP contribution in [0.2, 0.25) is 0 Å². The van der Waals surface area contributed by atoms with Crippen molar-refractivity contribution in [1.82, 2.24) is 19.8 Å². The maximum absolute atomic E-state index is 13.9. The average Bonchev–Trinajstić information content (AvgIpc) is 2.83. The molecule has 1 aliphatic rings. The highest BCUT2D eigenvalue weighted by atomic mass is 19.4. The fraction of sp³-hybridized carbons (Fsp3) is 0.320. The minimum absolute atomic E-state index is 0.130. The van der Waals surface area contributed by atoms with Crippen LogP contribution in [-0.4, -0.2) is 44.9 Å². The Morgan fingerprint density at radius 2 is 1.71 bits per heavy atom. The van der Waals surface area contributed by atoms with Crippen molar-refractivity contribution >= 4 is 11.7 Å². The van der Waals surface area contributed by atoms with Crippen LogP contribution >= 0.6 is 0 Å². The standard InChI is InChI=1S/C25H25F4N5O/c26-21-10-20(25(27,28)29)11-22(12-21)32-24(35)34(16-18-4-2-1-3-5-18)23-6-8-33(9-7-23)15-19-13-30-17-31-14-19/h1-5,10-14,17,23H,6-9,15-16H2,(H,32,35). The molecule has 0 spiro atoms. The molecule has 4 rings (SSSR count). The van der Waals surface area contributed by atoms with Crippen LogP contribution in [0.25, 0.3) is 0 Å². The molecule has 2 heterocycles. The predicted octanol–water partition coefficient (Wildman–Crippen LogP) is 5.33. The zero-order valence-electron chi connectivity index (χ0n) is 18.9. The van der Waals surface area contributed by atoms with E-state index < -0.39 is 23.6 Å². The van der Waals surface area contributed by atoms with Crippen molar-refractivity contribution in [3.05, 3.63) is 89.8 Å². The molecule has 1 fully saturated rings. The van der Waals surface area contributed by atoms with Gasteiger partial charge in [0.2, 0.25) is 0 Å². The molecular formula is C25H25F4N5O. The molecule has 0 saturated carbocycles. The lowest BCUT2D eigenvalue weighted by molar-refractivity contribution is -0.137. The fourth-order valence-electron chi connectivity index (χ4n) is 4.23. The Morgan fingerprint density at radius 3 is 2.37 bits per heavy atom. The van der Waals surface area contributed by atoms with Gasteiger partial charge in [0.25, 0.3) is 0 Å². The third kappa shape index (κ3) is 6.75. The lowest BCUT2D eigenvalue weighted by Crippen LogP contribution is -2.48. The van der Waals surface area contributed by atoms with Crippen LogP contribution in [0.15, 0.2) is 67.3 Å². The van der Waals surface area contributed by atoms with Crippen molar-refractivity contribution in [3.63, 3.8) is 0 Å². The van der Waals surface area contributed by atoms with Gasteiger partial charge in [0.15, 0.2) is 0 Å². The van der Waals surface area contributed by atoms with E-state index in [-0.39, 0.29) is 18.3 Å². The molecule has 0 bridgehead atoms. The van der Waals surface area contributed by atoms with E-state index in [0.717, 1.165) is 36.3 Å². The van der Waals surface area contributed by atoms with Gasteiger partial charge >= 0.3 is 12.2 Å². The molecule has 1 saturated heterocycles. The van der Waals surface area contributed by atoms with Gasteiger partial charge in [-0.25, -0.2) is 19.2 Å². The molecule has 0 unspecified atom stereocenters. The van der Waals surface area contributed by atoms with E-state index in [1.807, 2.05) is 30.3 Å². The first-order chi connectivity index (χ1) is 16.8. The molecule has 1 aromatic heterocycles. The van der Waals surface area contributed by atoms with E-state index in [4.69, 9.17) is 0 Å². The van der Waals surface area contributed by atoms with E-state index in [1.54, 1.807) is 17.3 Å². The molecule has 3 aromatic rings. The number of benzene rings is 2. The van der Waals surface area contributed by atoms with Gasteiger partial charge in [-0.1, -0.05) is 30.3 Å². The summed E-state index contributed by atoms with van der Waals surface area (Å²) in [6, 6.07) is 10.7. The number of rotatable bonds is 6. The summed E-state index contributed by atoms with van der Waals surface area (Å²) in [4.78, 5) is 25.2. The Balaban J connectivity index is 1.48. The Bertz CT molecular complexity index is 1120. The van der Waals surface area contributed by atoms with Crippen molar-refractivity contribution in [2.24, 2.45) is 0 Å². The molecule has 2 amide bonds. The Morgan fingerprint density at radius 1 is 1.03 bits per heavy atom. The first kappa shape index (κ1) is 24.6. The van der Waals surface area contributed by atoms with Crippen LogP contribution in [0.4, 0.5) is 28.0 Å². The van der Waals surface area contributed by atoms with Gasteiger partial charge in [-0.15, -0.1) is 0 Å².